The zero-order chi connectivity index (χ0) is 12.3. The van der Waals surface area contributed by atoms with Crippen LogP contribution in [0.25, 0.3) is 0 Å². The quantitative estimate of drug-likeness (QED) is 0.783. The number of rotatable bonds is 2. The minimum Gasteiger partial charge on any atom is -0.314 e. The summed E-state index contributed by atoms with van der Waals surface area (Å²) >= 11 is 0. The van der Waals surface area contributed by atoms with Crippen LogP contribution < -0.4 is 5.32 Å². The zero-order valence-electron chi connectivity index (χ0n) is 10.6. The molecule has 0 amide bonds. The van der Waals surface area contributed by atoms with Crippen LogP contribution in [0.3, 0.4) is 0 Å². The Morgan fingerprint density at radius 3 is 2.29 bits per heavy atom. The van der Waals surface area contributed by atoms with Crippen LogP contribution >= 0.6 is 0 Å². The molecule has 2 heterocycles. The third kappa shape index (κ3) is 2.99. The molecular formula is C11H23N3O2S. The van der Waals surface area contributed by atoms with Gasteiger partial charge < -0.3 is 5.32 Å². The van der Waals surface area contributed by atoms with Crippen molar-refractivity contribution in [2.75, 3.05) is 32.7 Å². The smallest absolute Gasteiger partial charge is 0.282 e. The van der Waals surface area contributed by atoms with E-state index in [1.807, 2.05) is 6.92 Å². The van der Waals surface area contributed by atoms with Crippen LogP contribution in [0.5, 0.6) is 0 Å². The van der Waals surface area contributed by atoms with Crippen LogP contribution in [-0.2, 0) is 10.2 Å². The zero-order valence-corrected chi connectivity index (χ0v) is 11.4. The molecule has 2 saturated heterocycles. The number of nitrogens with one attached hydrogen (secondary N) is 1. The van der Waals surface area contributed by atoms with E-state index in [0.717, 1.165) is 38.8 Å². The van der Waals surface area contributed by atoms with Gasteiger partial charge in [-0.3, -0.25) is 0 Å². The Hall–Kier alpha value is -0.170. The molecule has 0 bridgehead atoms. The number of hydrogen-bond acceptors (Lipinski definition) is 3. The van der Waals surface area contributed by atoms with Crippen molar-refractivity contribution in [2.24, 2.45) is 0 Å². The van der Waals surface area contributed by atoms with Crippen LogP contribution in [0, 0.1) is 0 Å². The molecule has 17 heavy (non-hydrogen) atoms. The van der Waals surface area contributed by atoms with E-state index in [2.05, 4.69) is 5.32 Å². The van der Waals surface area contributed by atoms with Gasteiger partial charge in [0.25, 0.3) is 10.2 Å². The van der Waals surface area contributed by atoms with Crippen molar-refractivity contribution >= 4 is 10.2 Å². The normalized spacial score (nSPS) is 30.1. The number of hydrogen-bond donors (Lipinski definition) is 1. The highest BCUT2D eigenvalue weighted by Gasteiger charge is 2.34. The molecule has 0 aromatic heterocycles. The SMILES string of the molecule is C[C@@H]1CNCCN1S(=O)(=O)N1CCCCCC1. The predicted molar refractivity (Wildman–Crippen MR) is 68.0 cm³/mol. The van der Waals surface area contributed by atoms with Crippen molar-refractivity contribution in [3.05, 3.63) is 0 Å². The first kappa shape index (κ1) is 13.3. The van der Waals surface area contributed by atoms with E-state index >= 15 is 0 Å². The molecule has 0 aliphatic carbocycles. The third-order valence-electron chi connectivity index (χ3n) is 3.63. The van der Waals surface area contributed by atoms with Crippen molar-refractivity contribution in [1.29, 1.82) is 0 Å². The van der Waals surface area contributed by atoms with E-state index < -0.39 is 10.2 Å². The van der Waals surface area contributed by atoms with Crippen molar-refractivity contribution in [3.63, 3.8) is 0 Å². The van der Waals surface area contributed by atoms with E-state index in [-0.39, 0.29) is 6.04 Å². The Kier molecular flexibility index (Phi) is 4.41. The Morgan fingerprint density at radius 1 is 1.06 bits per heavy atom. The summed E-state index contributed by atoms with van der Waals surface area (Å²) in [5.41, 5.74) is 0. The second-order valence-electron chi connectivity index (χ2n) is 4.98. The second-order valence-corrected chi connectivity index (χ2v) is 6.87. The molecule has 0 saturated carbocycles. The summed E-state index contributed by atoms with van der Waals surface area (Å²) in [6, 6.07) is 0.0667. The van der Waals surface area contributed by atoms with Gasteiger partial charge in [-0.15, -0.1) is 0 Å². The lowest BCUT2D eigenvalue weighted by molar-refractivity contribution is 0.257. The van der Waals surface area contributed by atoms with Gasteiger partial charge in [-0.1, -0.05) is 12.8 Å². The topological polar surface area (TPSA) is 52.7 Å². The van der Waals surface area contributed by atoms with Gasteiger partial charge in [-0.05, 0) is 19.8 Å². The predicted octanol–water partition coefficient (Wildman–Crippen LogP) is 0.401. The lowest BCUT2D eigenvalue weighted by Crippen LogP contribution is -2.56. The van der Waals surface area contributed by atoms with Crippen molar-refractivity contribution in [3.8, 4) is 0 Å². The van der Waals surface area contributed by atoms with Crippen LogP contribution in [-0.4, -0.2) is 55.8 Å². The summed E-state index contributed by atoms with van der Waals surface area (Å²) in [4.78, 5) is 0. The Bertz CT molecular complexity index is 337. The standard InChI is InChI=1S/C11H23N3O2S/c1-11-10-12-6-9-14(11)17(15,16)13-7-4-2-3-5-8-13/h11-12H,2-10H2,1H3/t11-/m1/s1. The molecule has 1 atom stereocenters. The molecule has 1 N–H and O–H groups in total. The molecule has 0 aromatic carbocycles. The molecule has 2 fully saturated rings. The summed E-state index contributed by atoms with van der Waals surface area (Å²) in [5, 5.41) is 3.23. The largest absolute Gasteiger partial charge is 0.314 e. The maximum absolute atomic E-state index is 12.5. The van der Waals surface area contributed by atoms with Gasteiger partial charge >= 0.3 is 0 Å². The van der Waals surface area contributed by atoms with Crippen molar-refractivity contribution in [1.82, 2.24) is 13.9 Å². The Labute approximate surface area is 104 Å². The lowest BCUT2D eigenvalue weighted by Gasteiger charge is -2.36. The molecule has 2 aliphatic heterocycles. The van der Waals surface area contributed by atoms with Gasteiger partial charge in [0.15, 0.2) is 0 Å². The third-order valence-corrected chi connectivity index (χ3v) is 5.78. The van der Waals surface area contributed by atoms with Gasteiger partial charge in [0.05, 0.1) is 0 Å². The first-order valence-electron chi connectivity index (χ1n) is 6.60. The van der Waals surface area contributed by atoms with Gasteiger partial charge in [0, 0.05) is 38.8 Å². The van der Waals surface area contributed by atoms with Crippen LogP contribution in [0.1, 0.15) is 32.6 Å². The molecule has 0 unspecified atom stereocenters. The van der Waals surface area contributed by atoms with Gasteiger partial charge in [-0.25, -0.2) is 0 Å². The Balaban J connectivity index is 2.10. The Morgan fingerprint density at radius 2 is 1.71 bits per heavy atom. The first-order valence-corrected chi connectivity index (χ1v) is 8.00. The molecule has 0 radical (unpaired) electrons. The van der Waals surface area contributed by atoms with E-state index in [4.69, 9.17) is 0 Å². The fourth-order valence-corrected chi connectivity index (χ4v) is 4.45. The minimum absolute atomic E-state index is 0.0667. The average molecular weight is 261 g/mol. The molecule has 0 aromatic rings. The molecule has 0 spiro atoms. The summed E-state index contributed by atoms with van der Waals surface area (Å²) < 4.78 is 28.4. The monoisotopic (exact) mass is 261 g/mol. The summed E-state index contributed by atoms with van der Waals surface area (Å²) in [6.45, 7) is 5.48. The fraction of sp³-hybridized carbons (Fsp3) is 1.00. The summed E-state index contributed by atoms with van der Waals surface area (Å²) in [5.74, 6) is 0. The first-order chi connectivity index (χ1) is 8.12. The maximum Gasteiger partial charge on any atom is 0.282 e. The average Bonchev–Trinajstić information content (AvgIpc) is 2.58. The summed E-state index contributed by atoms with van der Waals surface area (Å²) in [6.07, 6.45) is 4.31. The molecule has 2 rings (SSSR count). The highest BCUT2D eigenvalue weighted by Crippen LogP contribution is 2.18. The van der Waals surface area contributed by atoms with Crippen molar-refractivity contribution < 1.29 is 8.42 Å². The highest BCUT2D eigenvalue weighted by molar-refractivity contribution is 7.86. The van der Waals surface area contributed by atoms with E-state index in [1.54, 1.807) is 8.61 Å². The van der Waals surface area contributed by atoms with Crippen LogP contribution in [0.4, 0.5) is 0 Å². The lowest BCUT2D eigenvalue weighted by atomic mass is 10.2. The van der Waals surface area contributed by atoms with Crippen molar-refractivity contribution in [2.45, 2.75) is 38.6 Å². The number of piperazine rings is 1. The van der Waals surface area contributed by atoms with Crippen LogP contribution in [0.2, 0.25) is 0 Å². The molecular weight excluding hydrogens is 238 g/mol. The van der Waals surface area contributed by atoms with Crippen LogP contribution in [0.15, 0.2) is 0 Å². The van der Waals surface area contributed by atoms with Gasteiger partial charge in [0.1, 0.15) is 0 Å². The minimum atomic E-state index is -3.23. The highest BCUT2D eigenvalue weighted by atomic mass is 32.2. The van der Waals surface area contributed by atoms with Gasteiger partial charge in [-0.2, -0.15) is 17.0 Å². The fourth-order valence-electron chi connectivity index (χ4n) is 2.59. The number of nitrogens with zero attached hydrogens (tertiary/aromatic N) is 2. The van der Waals surface area contributed by atoms with E-state index in [1.165, 1.54) is 0 Å². The molecule has 100 valence electrons. The van der Waals surface area contributed by atoms with E-state index in [9.17, 15) is 8.42 Å². The van der Waals surface area contributed by atoms with E-state index in [0.29, 0.717) is 19.6 Å². The molecule has 2 aliphatic rings. The summed E-state index contributed by atoms with van der Waals surface area (Å²) in [7, 11) is -3.23. The maximum atomic E-state index is 12.5. The van der Waals surface area contributed by atoms with Gasteiger partial charge in [0.2, 0.25) is 0 Å². The molecule has 5 nitrogen and oxygen atoms in total. The molecule has 6 heteroatoms. The second kappa shape index (κ2) is 5.65.